The molecule has 0 aliphatic carbocycles. The van der Waals surface area contributed by atoms with Crippen LogP contribution in [-0.4, -0.2) is 39.3 Å². The maximum atomic E-state index is 12.2. The zero-order valence-electron chi connectivity index (χ0n) is 22.8. The highest BCUT2D eigenvalue weighted by Crippen LogP contribution is 2.43. The molecule has 3 N–H and O–H groups in total. The largest absolute Gasteiger partial charge is 0.479 e. The van der Waals surface area contributed by atoms with E-state index >= 15 is 0 Å². The Morgan fingerprint density at radius 3 is 1.73 bits per heavy atom. The number of aryl methyl sites for hydroxylation is 1. The van der Waals surface area contributed by atoms with Crippen molar-refractivity contribution >= 4 is 5.76 Å². The van der Waals surface area contributed by atoms with Gasteiger partial charge in [-0.1, -0.05) is 115 Å². The van der Waals surface area contributed by atoms with E-state index in [1.165, 1.54) is 6.08 Å². The first kappa shape index (κ1) is 28.7. The minimum Gasteiger partial charge on any atom is -0.479 e. The average molecular weight is 555 g/mol. The molecule has 212 valence electrons. The van der Waals surface area contributed by atoms with Gasteiger partial charge in [0.15, 0.2) is 6.29 Å². The first-order valence-electron chi connectivity index (χ1n) is 13.5. The Labute approximate surface area is 239 Å². The Bertz CT molecular complexity index is 1430. The third-order valence-corrected chi connectivity index (χ3v) is 7.02. The fraction of sp³-hybridized carbons (Fsp3) is 0.235. The minimum atomic E-state index is -2.58. The van der Waals surface area contributed by atoms with Crippen LogP contribution in [0.25, 0.3) is 5.76 Å². The summed E-state index contributed by atoms with van der Waals surface area (Å²) in [6, 6.07) is 35.2. The quantitative estimate of drug-likeness (QED) is 0.223. The SMILES string of the molecule is Cc1ccccc1C1=C[C@](O)(OCc2ccccc2)[C@@](O)(OCc2ccccc2)[C@@H](C(O)OCc2ccccc2)O1. The van der Waals surface area contributed by atoms with E-state index in [9.17, 15) is 15.3 Å². The van der Waals surface area contributed by atoms with Gasteiger partial charge >= 0.3 is 0 Å². The summed E-state index contributed by atoms with van der Waals surface area (Å²) in [6.45, 7) is 1.77. The Hall–Kier alpha value is -3.82. The predicted molar refractivity (Wildman–Crippen MR) is 154 cm³/mol. The van der Waals surface area contributed by atoms with Crippen molar-refractivity contribution in [1.82, 2.24) is 0 Å². The number of aliphatic hydroxyl groups excluding tert-OH is 1. The zero-order valence-corrected chi connectivity index (χ0v) is 22.8. The second kappa shape index (κ2) is 12.8. The maximum absolute atomic E-state index is 12.2. The first-order chi connectivity index (χ1) is 19.9. The van der Waals surface area contributed by atoms with Crippen molar-refractivity contribution in [1.29, 1.82) is 0 Å². The summed E-state index contributed by atoms with van der Waals surface area (Å²) in [6.07, 6.45) is -2.02. The van der Waals surface area contributed by atoms with Crippen LogP contribution in [0.1, 0.15) is 27.8 Å². The first-order valence-corrected chi connectivity index (χ1v) is 13.5. The Balaban J connectivity index is 1.54. The standard InChI is InChI=1S/C34H34O7/c1-25-13-11-12-20-29(25)30-21-33(36,39-23-27-16-7-3-8-17-27)34(37,40-24-28-18-9-4-10-19-28)31(41-30)32(35)38-22-26-14-5-2-6-15-26/h2-21,31-32,35-37H,22-24H2,1H3/t31-,32?,33+,34+/m1/s1. The molecule has 4 aromatic rings. The van der Waals surface area contributed by atoms with Crippen molar-refractivity contribution in [3.8, 4) is 0 Å². The molecule has 1 unspecified atom stereocenters. The molecule has 0 amide bonds. The molecular weight excluding hydrogens is 520 g/mol. The van der Waals surface area contributed by atoms with E-state index in [0.717, 1.165) is 22.3 Å². The molecule has 4 aromatic carbocycles. The minimum absolute atomic E-state index is 0.0311. The summed E-state index contributed by atoms with van der Waals surface area (Å²) in [5, 5.41) is 35.7. The van der Waals surface area contributed by atoms with Crippen LogP contribution in [0.15, 0.2) is 121 Å². The van der Waals surface area contributed by atoms with E-state index in [2.05, 4.69) is 0 Å². The van der Waals surface area contributed by atoms with Gasteiger partial charge in [0.25, 0.3) is 5.79 Å². The second-order valence-electron chi connectivity index (χ2n) is 9.99. The highest BCUT2D eigenvalue weighted by molar-refractivity contribution is 5.65. The molecule has 0 aromatic heterocycles. The number of aliphatic hydroxyl groups is 3. The fourth-order valence-electron chi connectivity index (χ4n) is 4.69. The van der Waals surface area contributed by atoms with Crippen LogP contribution < -0.4 is 0 Å². The van der Waals surface area contributed by atoms with Gasteiger partial charge in [0.1, 0.15) is 5.76 Å². The molecule has 1 aliphatic heterocycles. The molecule has 0 fully saturated rings. The molecule has 7 nitrogen and oxygen atoms in total. The molecular formula is C34H34O7. The van der Waals surface area contributed by atoms with Gasteiger partial charge in [-0.2, -0.15) is 0 Å². The van der Waals surface area contributed by atoms with E-state index in [0.29, 0.717) is 5.56 Å². The lowest BCUT2D eigenvalue weighted by molar-refractivity contribution is -0.420. The van der Waals surface area contributed by atoms with Gasteiger partial charge in [-0.25, -0.2) is 0 Å². The van der Waals surface area contributed by atoms with E-state index in [1.54, 1.807) is 0 Å². The van der Waals surface area contributed by atoms with Crippen LogP contribution in [0.2, 0.25) is 0 Å². The maximum Gasteiger partial charge on any atom is 0.269 e. The van der Waals surface area contributed by atoms with Crippen LogP contribution >= 0.6 is 0 Å². The van der Waals surface area contributed by atoms with Crippen molar-refractivity contribution in [3.63, 3.8) is 0 Å². The molecule has 0 bridgehead atoms. The van der Waals surface area contributed by atoms with E-state index in [4.69, 9.17) is 18.9 Å². The lowest BCUT2D eigenvalue weighted by Gasteiger charge is -2.49. The van der Waals surface area contributed by atoms with Crippen LogP contribution in [0, 0.1) is 6.92 Å². The number of benzene rings is 4. The van der Waals surface area contributed by atoms with Gasteiger partial charge in [0.2, 0.25) is 11.9 Å². The molecule has 5 rings (SSSR count). The van der Waals surface area contributed by atoms with Gasteiger partial charge in [0, 0.05) is 11.6 Å². The van der Waals surface area contributed by atoms with Gasteiger partial charge in [-0.3, -0.25) is 0 Å². The Morgan fingerprint density at radius 2 is 1.17 bits per heavy atom. The van der Waals surface area contributed by atoms with Crippen molar-refractivity contribution < 1.29 is 34.3 Å². The van der Waals surface area contributed by atoms with E-state index < -0.39 is 24.0 Å². The zero-order chi connectivity index (χ0) is 28.7. The van der Waals surface area contributed by atoms with E-state index in [-0.39, 0.29) is 25.6 Å². The molecule has 41 heavy (non-hydrogen) atoms. The third kappa shape index (κ3) is 6.57. The highest BCUT2D eigenvalue weighted by Gasteiger charge is 2.63. The van der Waals surface area contributed by atoms with Crippen molar-refractivity contribution in [2.24, 2.45) is 0 Å². The van der Waals surface area contributed by atoms with E-state index in [1.807, 2.05) is 122 Å². The van der Waals surface area contributed by atoms with Crippen LogP contribution in [0.3, 0.4) is 0 Å². The lowest BCUT2D eigenvalue weighted by Crippen LogP contribution is -2.68. The Kier molecular flexibility index (Phi) is 8.95. The second-order valence-corrected chi connectivity index (χ2v) is 9.99. The van der Waals surface area contributed by atoms with Gasteiger partial charge in [0.05, 0.1) is 19.8 Å². The molecule has 0 spiro atoms. The van der Waals surface area contributed by atoms with Crippen LogP contribution in [0.4, 0.5) is 0 Å². The summed E-state index contributed by atoms with van der Waals surface area (Å²) in [4.78, 5) is 0. The van der Waals surface area contributed by atoms with Crippen molar-refractivity contribution in [2.45, 2.75) is 50.7 Å². The lowest BCUT2D eigenvalue weighted by atomic mass is 9.92. The number of ether oxygens (including phenoxy) is 4. The van der Waals surface area contributed by atoms with Gasteiger partial charge in [-0.05, 0) is 29.2 Å². The topological polar surface area (TPSA) is 97.6 Å². The summed E-state index contributed by atoms with van der Waals surface area (Å²) < 4.78 is 24.1. The third-order valence-electron chi connectivity index (χ3n) is 7.02. The van der Waals surface area contributed by atoms with Crippen LogP contribution in [-0.2, 0) is 38.8 Å². The predicted octanol–water partition coefficient (Wildman–Crippen LogP) is 5.08. The molecule has 1 heterocycles. The summed E-state index contributed by atoms with van der Waals surface area (Å²) in [5.74, 6) is -4.83. The number of hydrogen-bond donors (Lipinski definition) is 3. The van der Waals surface area contributed by atoms with Crippen molar-refractivity contribution in [3.05, 3.63) is 149 Å². The molecule has 4 atom stereocenters. The van der Waals surface area contributed by atoms with Gasteiger partial charge in [-0.15, -0.1) is 0 Å². The average Bonchev–Trinajstić information content (AvgIpc) is 3.01. The molecule has 0 saturated carbocycles. The molecule has 0 radical (unpaired) electrons. The summed E-state index contributed by atoms with van der Waals surface area (Å²) >= 11 is 0. The number of hydrogen-bond acceptors (Lipinski definition) is 7. The molecule has 1 aliphatic rings. The monoisotopic (exact) mass is 554 g/mol. The highest BCUT2D eigenvalue weighted by atomic mass is 16.7. The smallest absolute Gasteiger partial charge is 0.269 e. The fourth-order valence-corrected chi connectivity index (χ4v) is 4.69. The molecule has 0 saturated heterocycles. The van der Waals surface area contributed by atoms with Crippen LogP contribution in [0.5, 0.6) is 0 Å². The molecule has 7 heteroatoms. The Morgan fingerprint density at radius 1 is 0.683 bits per heavy atom. The van der Waals surface area contributed by atoms with Crippen molar-refractivity contribution in [2.75, 3.05) is 0 Å². The summed E-state index contributed by atoms with van der Waals surface area (Å²) in [7, 11) is 0. The summed E-state index contributed by atoms with van der Waals surface area (Å²) in [5.41, 5.74) is 3.82. The normalized spacial score (nSPS) is 22.9. The number of rotatable bonds is 11. The van der Waals surface area contributed by atoms with Gasteiger partial charge < -0.3 is 34.3 Å².